The van der Waals surface area contributed by atoms with Crippen molar-refractivity contribution in [2.75, 3.05) is 20.7 Å². The summed E-state index contributed by atoms with van der Waals surface area (Å²) in [5.41, 5.74) is -0.146. The van der Waals surface area contributed by atoms with Crippen LogP contribution in [0.5, 0.6) is 11.5 Å². The van der Waals surface area contributed by atoms with E-state index in [2.05, 4.69) is 4.74 Å². The van der Waals surface area contributed by atoms with Crippen molar-refractivity contribution in [2.45, 2.75) is 13.2 Å². The van der Waals surface area contributed by atoms with Crippen molar-refractivity contribution in [3.63, 3.8) is 0 Å². The molecule has 7 nitrogen and oxygen atoms in total. The van der Waals surface area contributed by atoms with E-state index in [4.69, 9.17) is 10.00 Å². The average molecular weight is 301 g/mol. The molecule has 0 saturated heterocycles. The summed E-state index contributed by atoms with van der Waals surface area (Å²) in [4.78, 5) is 11.9. The zero-order valence-electron chi connectivity index (χ0n) is 11.4. The lowest BCUT2D eigenvalue weighted by Crippen LogP contribution is -2.18. The molecular formula is C12H13F2N3O4. The lowest BCUT2D eigenvalue weighted by Gasteiger charge is -2.15. The van der Waals surface area contributed by atoms with Crippen LogP contribution in [0.2, 0.25) is 0 Å². The maximum absolute atomic E-state index is 12.3. The molecule has 1 aromatic carbocycles. The van der Waals surface area contributed by atoms with Gasteiger partial charge in [-0.1, -0.05) is 0 Å². The Bertz CT molecular complexity index is 560. The van der Waals surface area contributed by atoms with E-state index < -0.39 is 17.3 Å². The van der Waals surface area contributed by atoms with E-state index in [1.807, 2.05) is 6.07 Å². The van der Waals surface area contributed by atoms with E-state index in [1.165, 1.54) is 18.1 Å². The normalized spacial score (nSPS) is 10.5. The Hall–Kier alpha value is -2.47. The van der Waals surface area contributed by atoms with Crippen LogP contribution in [-0.2, 0) is 6.54 Å². The first-order valence-corrected chi connectivity index (χ1v) is 5.74. The minimum Gasteiger partial charge on any atom is -0.493 e. The molecule has 0 aliphatic heterocycles. The second-order valence-corrected chi connectivity index (χ2v) is 4.10. The topological polar surface area (TPSA) is 88.6 Å². The molecular weight excluding hydrogens is 288 g/mol. The lowest BCUT2D eigenvalue weighted by molar-refractivity contribution is -0.385. The minimum absolute atomic E-state index is 0.0405. The molecule has 9 heteroatoms. The third-order valence-electron chi connectivity index (χ3n) is 2.56. The molecule has 0 amide bonds. The Morgan fingerprint density at radius 2 is 2.14 bits per heavy atom. The summed E-state index contributed by atoms with van der Waals surface area (Å²) >= 11 is 0. The van der Waals surface area contributed by atoms with Gasteiger partial charge in [-0.2, -0.15) is 14.0 Å². The van der Waals surface area contributed by atoms with Crippen LogP contribution in [0.25, 0.3) is 0 Å². The van der Waals surface area contributed by atoms with Crippen LogP contribution in [0, 0.1) is 21.4 Å². The van der Waals surface area contributed by atoms with E-state index in [-0.39, 0.29) is 30.1 Å². The molecule has 0 unspecified atom stereocenters. The van der Waals surface area contributed by atoms with Gasteiger partial charge in [0.25, 0.3) is 5.69 Å². The third kappa shape index (κ3) is 4.54. The van der Waals surface area contributed by atoms with Crippen molar-refractivity contribution in [1.82, 2.24) is 4.90 Å². The molecule has 0 N–H and O–H groups in total. The molecule has 0 aliphatic carbocycles. The second kappa shape index (κ2) is 7.35. The summed E-state index contributed by atoms with van der Waals surface area (Å²) in [6.45, 7) is -2.96. The average Bonchev–Trinajstić information content (AvgIpc) is 2.39. The monoisotopic (exact) mass is 301 g/mol. The number of hydrogen-bond donors (Lipinski definition) is 0. The van der Waals surface area contributed by atoms with Gasteiger partial charge in [-0.05, 0) is 13.1 Å². The van der Waals surface area contributed by atoms with Crippen LogP contribution in [0.4, 0.5) is 14.5 Å². The number of nitrogens with zero attached hydrogens (tertiary/aromatic N) is 3. The minimum atomic E-state index is -3.12. The van der Waals surface area contributed by atoms with E-state index in [0.29, 0.717) is 0 Å². The van der Waals surface area contributed by atoms with E-state index in [1.54, 1.807) is 7.05 Å². The number of benzene rings is 1. The Kier molecular flexibility index (Phi) is 5.80. The Morgan fingerprint density at radius 1 is 1.48 bits per heavy atom. The van der Waals surface area contributed by atoms with Gasteiger partial charge in [0.1, 0.15) is 0 Å². The predicted octanol–water partition coefficient (Wildman–Crippen LogP) is 2.16. The SMILES string of the molecule is COc1cc(CN(C)CC#N)c([N+](=O)[O-])cc1OC(F)F. The molecule has 21 heavy (non-hydrogen) atoms. The fourth-order valence-corrected chi connectivity index (χ4v) is 1.70. The maximum atomic E-state index is 12.3. The van der Waals surface area contributed by atoms with Gasteiger partial charge in [0.15, 0.2) is 11.5 Å². The Labute approximate surface area is 119 Å². The van der Waals surface area contributed by atoms with Crippen LogP contribution in [0.15, 0.2) is 12.1 Å². The number of halogens is 2. The van der Waals surface area contributed by atoms with Crippen molar-refractivity contribution in [1.29, 1.82) is 5.26 Å². The Morgan fingerprint density at radius 3 is 2.62 bits per heavy atom. The maximum Gasteiger partial charge on any atom is 0.387 e. The summed E-state index contributed by atoms with van der Waals surface area (Å²) in [5.74, 6) is -0.452. The quantitative estimate of drug-likeness (QED) is 0.435. The summed E-state index contributed by atoms with van der Waals surface area (Å²) in [6, 6.07) is 4.05. The zero-order valence-corrected chi connectivity index (χ0v) is 11.4. The van der Waals surface area contributed by atoms with Crippen LogP contribution < -0.4 is 9.47 Å². The first-order chi connectivity index (χ1) is 9.88. The Balaban J connectivity index is 3.23. The highest BCUT2D eigenvalue weighted by Gasteiger charge is 2.22. The molecule has 1 rings (SSSR count). The van der Waals surface area contributed by atoms with Crippen molar-refractivity contribution in [3.8, 4) is 17.6 Å². The van der Waals surface area contributed by atoms with Crippen molar-refractivity contribution in [3.05, 3.63) is 27.8 Å². The number of ether oxygens (including phenoxy) is 2. The van der Waals surface area contributed by atoms with Gasteiger partial charge in [0.05, 0.1) is 30.7 Å². The van der Waals surface area contributed by atoms with Crippen LogP contribution in [0.3, 0.4) is 0 Å². The second-order valence-electron chi connectivity index (χ2n) is 4.10. The number of alkyl halides is 2. The van der Waals surface area contributed by atoms with Gasteiger partial charge in [-0.25, -0.2) is 0 Å². The highest BCUT2D eigenvalue weighted by Crippen LogP contribution is 2.36. The molecule has 0 heterocycles. The molecule has 0 radical (unpaired) electrons. The number of nitro groups is 1. The van der Waals surface area contributed by atoms with Crippen molar-refractivity contribution >= 4 is 5.69 Å². The van der Waals surface area contributed by atoms with Gasteiger partial charge >= 0.3 is 6.61 Å². The largest absolute Gasteiger partial charge is 0.493 e. The summed E-state index contributed by atoms with van der Waals surface area (Å²) in [6.07, 6.45) is 0. The van der Waals surface area contributed by atoms with Gasteiger partial charge in [-0.3, -0.25) is 15.0 Å². The number of methoxy groups -OCH3 is 1. The lowest BCUT2D eigenvalue weighted by atomic mass is 10.1. The third-order valence-corrected chi connectivity index (χ3v) is 2.56. The standard InChI is InChI=1S/C12H13F2N3O4/c1-16(4-3-15)7-8-5-10(20-2)11(21-12(13)14)6-9(8)17(18)19/h5-6,12H,4,7H2,1-2H3. The van der Waals surface area contributed by atoms with Gasteiger partial charge in [0, 0.05) is 12.1 Å². The van der Waals surface area contributed by atoms with Crippen LogP contribution >= 0.6 is 0 Å². The van der Waals surface area contributed by atoms with Crippen LogP contribution in [0.1, 0.15) is 5.56 Å². The molecule has 0 saturated carbocycles. The van der Waals surface area contributed by atoms with Crippen molar-refractivity contribution in [2.24, 2.45) is 0 Å². The first-order valence-electron chi connectivity index (χ1n) is 5.74. The molecule has 1 aromatic rings. The van der Waals surface area contributed by atoms with Gasteiger partial charge in [-0.15, -0.1) is 0 Å². The molecule has 0 atom stereocenters. The number of rotatable bonds is 7. The molecule has 0 spiro atoms. The highest BCUT2D eigenvalue weighted by atomic mass is 19.3. The number of nitriles is 1. The molecule has 0 fully saturated rings. The van der Waals surface area contributed by atoms with Gasteiger partial charge in [0.2, 0.25) is 0 Å². The molecule has 0 bridgehead atoms. The van der Waals surface area contributed by atoms with Gasteiger partial charge < -0.3 is 9.47 Å². The highest BCUT2D eigenvalue weighted by molar-refractivity contribution is 5.54. The first kappa shape index (κ1) is 16.6. The summed E-state index contributed by atoms with van der Waals surface area (Å²) in [7, 11) is 2.84. The van der Waals surface area contributed by atoms with Crippen molar-refractivity contribution < 1.29 is 23.2 Å². The molecule has 0 aromatic heterocycles. The fraction of sp³-hybridized carbons (Fsp3) is 0.417. The summed E-state index contributed by atoms with van der Waals surface area (Å²) < 4.78 is 33.7. The predicted molar refractivity (Wildman–Crippen MR) is 68.2 cm³/mol. The zero-order chi connectivity index (χ0) is 16.0. The molecule has 0 aliphatic rings. The van der Waals surface area contributed by atoms with E-state index in [0.717, 1.165) is 6.07 Å². The number of nitro benzene ring substituents is 1. The molecule has 114 valence electrons. The van der Waals surface area contributed by atoms with E-state index >= 15 is 0 Å². The summed E-state index contributed by atoms with van der Waals surface area (Å²) in [5, 5.41) is 19.6. The van der Waals surface area contributed by atoms with E-state index in [9.17, 15) is 18.9 Å². The number of hydrogen-bond acceptors (Lipinski definition) is 6. The van der Waals surface area contributed by atoms with Crippen LogP contribution in [-0.4, -0.2) is 37.1 Å². The fourth-order valence-electron chi connectivity index (χ4n) is 1.70. The smallest absolute Gasteiger partial charge is 0.387 e.